The highest BCUT2D eigenvalue weighted by Crippen LogP contribution is 2.36. The summed E-state index contributed by atoms with van der Waals surface area (Å²) >= 11 is 0. The third-order valence-corrected chi connectivity index (χ3v) is 3.80. The number of methoxy groups -OCH3 is 1. The van der Waals surface area contributed by atoms with Gasteiger partial charge in [-0.15, -0.1) is 0 Å². The van der Waals surface area contributed by atoms with E-state index in [9.17, 15) is 4.79 Å². The van der Waals surface area contributed by atoms with Gasteiger partial charge in [-0.1, -0.05) is 0 Å². The van der Waals surface area contributed by atoms with Crippen LogP contribution in [0.1, 0.15) is 31.1 Å². The maximum absolute atomic E-state index is 12.3. The zero-order chi connectivity index (χ0) is 15.9. The highest BCUT2D eigenvalue weighted by Gasteiger charge is 2.35. The number of carbonyl (C=O) groups is 1. The number of anilines is 1. The van der Waals surface area contributed by atoms with E-state index in [1.807, 2.05) is 31.6 Å². The van der Waals surface area contributed by atoms with Crippen molar-refractivity contribution in [1.29, 1.82) is 0 Å². The van der Waals surface area contributed by atoms with Crippen LogP contribution in [-0.4, -0.2) is 37.6 Å². The summed E-state index contributed by atoms with van der Waals surface area (Å²) in [6.45, 7) is 6.52. The van der Waals surface area contributed by atoms with E-state index in [0.29, 0.717) is 17.2 Å². The fraction of sp³-hybridized carbons (Fsp3) is 0.429. The Labute approximate surface area is 127 Å². The van der Waals surface area contributed by atoms with E-state index in [2.05, 4.69) is 20.5 Å². The molecule has 0 radical (unpaired) electrons. The lowest BCUT2D eigenvalue weighted by molar-refractivity contribution is -0.136. The number of nitrogens with one attached hydrogen (secondary N) is 1. The molecule has 0 amide bonds. The van der Waals surface area contributed by atoms with Crippen molar-refractivity contribution in [3.05, 3.63) is 35.1 Å². The minimum absolute atomic E-state index is 0.389. The number of aryl methyl sites for hydroxylation is 2. The summed E-state index contributed by atoms with van der Waals surface area (Å²) in [5.74, 6) is 0.207. The molecule has 1 atom stereocenters. The number of rotatable bonds is 3. The number of allylic oxidation sites excluding steroid dienone is 1. The van der Waals surface area contributed by atoms with Gasteiger partial charge >= 0.3 is 5.97 Å². The standard InChI is InChI=1S/C14H18N6O2/c1-5-19-6-10(8(2)18-19)12-11(13(21)22-4)9(3)17-14-15-7-16-20(12)14/h6-7,12H,5H2,1-4H3,(H,15,16,17)/t12-/m0/s1. The summed E-state index contributed by atoms with van der Waals surface area (Å²) < 4.78 is 8.48. The second kappa shape index (κ2) is 5.28. The molecule has 0 spiro atoms. The molecule has 2 aromatic rings. The number of hydrogen-bond acceptors (Lipinski definition) is 6. The van der Waals surface area contributed by atoms with Gasteiger partial charge in [-0.05, 0) is 20.8 Å². The molecule has 0 bridgehead atoms. The van der Waals surface area contributed by atoms with E-state index in [1.165, 1.54) is 13.4 Å². The lowest BCUT2D eigenvalue weighted by atomic mass is 9.96. The van der Waals surface area contributed by atoms with Gasteiger partial charge in [0.1, 0.15) is 12.4 Å². The lowest BCUT2D eigenvalue weighted by Gasteiger charge is -2.27. The number of esters is 1. The Morgan fingerprint density at radius 1 is 1.45 bits per heavy atom. The van der Waals surface area contributed by atoms with E-state index in [4.69, 9.17) is 4.74 Å². The SMILES string of the molecule is CCn1cc([C@H]2C(C(=O)OC)=C(C)Nc3ncnn32)c(C)n1. The molecule has 116 valence electrons. The van der Waals surface area contributed by atoms with Crippen LogP contribution >= 0.6 is 0 Å². The normalized spacial score (nSPS) is 17.2. The smallest absolute Gasteiger partial charge is 0.338 e. The number of fused-ring (bicyclic) bond motifs is 1. The Morgan fingerprint density at radius 3 is 2.86 bits per heavy atom. The second-order valence-corrected chi connectivity index (χ2v) is 5.11. The Kier molecular flexibility index (Phi) is 3.44. The molecule has 8 heteroatoms. The molecular weight excluding hydrogens is 284 g/mol. The topological polar surface area (TPSA) is 86.9 Å². The average Bonchev–Trinajstić information content (AvgIpc) is 3.11. The molecule has 1 N–H and O–H groups in total. The Hall–Kier alpha value is -2.64. The summed E-state index contributed by atoms with van der Waals surface area (Å²) in [5, 5.41) is 11.8. The molecule has 1 aliphatic heterocycles. The highest BCUT2D eigenvalue weighted by atomic mass is 16.5. The van der Waals surface area contributed by atoms with Crippen molar-refractivity contribution >= 4 is 11.9 Å². The van der Waals surface area contributed by atoms with Crippen molar-refractivity contribution in [3.8, 4) is 0 Å². The predicted octanol–water partition coefficient (Wildman–Crippen LogP) is 1.26. The van der Waals surface area contributed by atoms with Crippen LogP contribution in [-0.2, 0) is 16.1 Å². The maximum Gasteiger partial charge on any atom is 0.338 e. The Balaban J connectivity index is 2.20. The van der Waals surface area contributed by atoms with Gasteiger partial charge in [-0.25, -0.2) is 9.48 Å². The molecular formula is C14H18N6O2. The average molecular weight is 302 g/mol. The first-order valence-corrected chi connectivity index (χ1v) is 7.06. The zero-order valence-electron chi connectivity index (χ0n) is 13.0. The van der Waals surface area contributed by atoms with Crippen molar-refractivity contribution in [3.63, 3.8) is 0 Å². The van der Waals surface area contributed by atoms with Crippen LogP contribution in [0.15, 0.2) is 23.8 Å². The van der Waals surface area contributed by atoms with Crippen molar-refractivity contribution in [2.45, 2.75) is 33.4 Å². The lowest BCUT2D eigenvalue weighted by Crippen LogP contribution is -2.29. The van der Waals surface area contributed by atoms with Gasteiger partial charge in [-0.3, -0.25) is 4.68 Å². The fourth-order valence-electron chi connectivity index (χ4n) is 2.72. The minimum Gasteiger partial charge on any atom is -0.466 e. The molecule has 3 rings (SSSR count). The van der Waals surface area contributed by atoms with Crippen LogP contribution < -0.4 is 5.32 Å². The Bertz CT molecular complexity index is 757. The first-order chi connectivity index (χ1) is 10.6. The van der Waals surface area contributed by atoms with E-state index in [-0.39, 0.29) is 5.97 Å². The number of aromatic nitrogens is 5. The number of ether oxygens (including phenoxy) is 1. The number of nitrogens with zero attached hydrogens (tertiary/aromatic N) is 5. The molecule has 0 aromatic carbocycles. The van der Waals surface area contributed by atoms with Crippen LogP contribution in [0.2, 0.25) is 0 Å². The molecule has 0 saturated heterocycles. The largest absolute Gasteiger partial charge is 0.466 e. The van der Waals surface area contributed by atoms with E-state index < -0.39 is 6.04 Å². The van der Waals surface area contributed by atoms with Crippen LogP contribution in [0.25, 0.3) is 0 Å². The third-order valence-electron chi connectivity index (χ3n) is 3.80. The van der Waals surface area contributed by atoms with Crippen molar-refractivity contribution in [2.75, 3.05) is 12.4 Å². The molecule has 8 nitrogen and oxygen atoms in total. The van der Waals surface area contributed by atoms with Crippen LogP contribution in [0.3, 0.4) is 0 Å². The summed E-state index contributed by atoms with van der Waals surface area (Å²) in [5.41, 5.74) is 2.99. The van der Waals surface area contributed by atoms with Gasteiger partial charge in [0.2, 0.25) is 5.95 Å². The van der Waals surface area contributed by atoms with Crippen LogP contribution in [0.4, 0.5) is 5.95 Å². The molecule has 0 saturated carbocycles. The quantitative estimate of drug-likeness (QED) is 0.859. The summed E-state index contributed by atoms with van der Waals surface area (Å²) in [6, 6.07) is -0.397. The molecule has 1 aliphatic rings. The van der Waals surface area contributed by atoms with Gasteiger partial charge in [-0.2, -0.15) is 15.2 Å². The monoisotopic (exact) mass is 302 g/mol. The zero-order valence-corrected chi connectivity index (χ0v) is 13.0. The fourth-order valence-corrected chi connectivity index (χ4v) is 2.72. The van der Waals surface area contributed by atoms with Gasteiger partial charge in [0.15, 0.2) is 0 Å². The predicted molar refractivity (Wildman–Crippen MR) is 79.1 cm³/mol. The minimum atomic E-state index is -0.397. The molecule has 22 heavy (non-hydrogen) atoms. The summed E-state index contributed by atoms with van der Waals surface area (Å²) in [4.78, 5) is 16.5. The number of carbonyl (C=O) groups excluding carboxylic acids is 1. The molecule has 0 fully saturated rings. The Morgan fingerprint density at radius 2 is 2.23 bits per heavy atom. The molecule has 0 unspecified atom stereocenters. The van der Waals surface area contributed by atoms with Gasteiger partial charge in [0.05, 0.1) is 18.4 Å². The van der Waals surface area contributed by atoms with Crippen molar-refractivity contribution in [1.82, 2.24) is 24.5 Å². The van der Waals surface area contributed by atoms with Crippen molar-refractivity contribution < 1.29 is 9.53 Å². The molecule has 3 heterocycles. The van der Waals surface area contributed by atoms with Gasteiger partial charge in [0, 0.05) is 24.0 Å². The van der Waals surface area contributed by atoms with E-state index in [0.717, 1.165) is 17.8 Å². The van der Waals surface area contributed by atoms with Gasteiger partial charge < -0.3 is 10.1 Å². The van der Waals surface area contributed by atoms with Crippen LogP contribution in [0, 0.1) is 6.92 Å². The second-order valence-electron chi connectivity index (χ2n) is 5.11. The van der Waals surface area contributed by atoms with Crippen molar-refractivity contribution in [2.24, 2.45) is 0 Å². The molecule has 0 aliphatic carbocycles. The van der Waals surface area contributed by atoms with E-state index >= 15 is 0 Å². The van der Waals surface area contributed by atoms with Gasteiger partial charge in [0.25, 0.3) is 0 Å². The third kappa shape index (κ3) is 2.07. The molecule has 2 aromatic heterocycles. The first-order valence-electron chi connectivity index (χ1n) is 7.06. The number of hydrogen-bond donors (Lipinski definition) is 1. The summed E-state index contributed by atoms with van der Waals surface area (Å²) in [7, 11) is 1.37. The maximum atomic E-state index is 12.3. The summed E-state index contributed by atoms with van der Waals surface area (Å²) in [6.07, 6.45) is 3.40. The van der Waals surface area contributed by atoms with Crippen LogP contribution in [0.5, 0.6) is 0 Å². The van der Waals surface area contributed by atoms with E-state index in [1.54, 1.807) is 4.68 Å². The first kappa shape index (κ1) is 14.3. The highest BCUT2D eigenvalue weighted by molar-refractivity contribution is 5.92.